The van der Waals surface area contributed by atoms with E-state index in [1.165, 1.54) is 11.1 Å². The molecule has 1 aliphatic carbocycles. The van der Waals surface area contributed by atoms with Crippen LogP contribution in [0.25, 0.3) is 6.08 Å². The van der Waals surface area contributed by atoms with Crippen LogP contribution in [-0.2, 0) is 4.79 Å². The van der Waals surface area contributed by atoms with E-state index in [4.69, 9.17) is 5.84 Å². The number of hydrogen-bond acceptors (Lipinski definition) is 2. The summed E-state index contributed by atoms with van der Waals surface area (Å²) in [5, 5.41) is 0. The first-order valence-corrected chi connectivity index (χ1v) is 4.58. The summed E-state index contributed by atoms with van der Waals surface area (Å²) in [6.45, 7) is 0. The van der Waals surface area contributed by atoms with Gasteiger partial charge in [0.05, 0.1) is 0 Å². The smallest absolute Gasteiger partial charge is 0.234 e. The van der Waals surface area contributed by atoms with E-state index in [0.717, 1.165) is 0 Å². The average Bonchev–Trinajstić information content (AvgIpc) is 2.62. The van der Waals surface area contributed by atoms with E-state index in [9.17, 15) is 4.79 Å². The second kappa shape index (κ2) is 3.64. The maximum absolute atomic E-state index is 11.1. The molecular formula is C11H12N2O. The van der Waals surface area contributed by atoms with Crippen LogP contribution in [0.15, 0.2) is 30.3 Å². The Morgan fingerprint density at radius 1 is 1.43 bits per heavy atom. The molecular weight excluding hydrogens is 176 g/mol. The lowest BCUT2D eigenvalue weighted by atomic mass is 9.97. The fourth-order valence-electron chi connectivity index (χ4n) is 1.76. The first kappa shape index (κ1) is 8.97. The van der Waals surface area contributed by atoms with Crippen molar-refractivity contribution in [2.24, 2.45) is 5.84 Å². The van der Waals surface area contributed by atoms with E-state index < -0.39 is 0 Å². The number of fused-ring (bicyclic) bond motifs is 1. The highest BCUT2D eigenvalue weighted by Crippen LogP contribution is 2.31. The molecule has 0 aromatic heterocycles. The second-order valence-corrected chi connectivity index (χ2v) is 3.37. The van der Waals surface area contributed by atoms with Crippen molar-refractivity contribution in [2.75, 3.05) is 0 Å². The Balaban J connectivity index is 2.18. The minimum atomic E-state index is -0.128. The standard InChI is InChI=1S/C11H12N2O/c12-13-11(14)7-9-6-5-8-3-1-2-4-10(8)9/h1-6,9H,7,12H2,(H,13,14). The number of hydrazine groups is 1. The Bertz CT molecular complexity index is 385. The molecule has 0 fully saturated rings. The van der Waals surface area contributed by atoms with Crippen LogP contribution in [0.5, 0.6) is 0 Å². The van der Waals surface area contributed by atoms with E-state index in [1.54, 1.807) is 0 Å². The summed E-state index contributed by atoms with van der Waals surface area (Å²) in [5.74, 6) is 5.09. The zero-order chi connectivity index (χ0) is 9.97. The monoisotopic (exact) mass is 188 g/mol. The van der Waals surface area contributed by atoms with Gasteiger partial charge in [0.1, 0.15) is 0 Å². The maximum atomic E-state index is 11.1. The van der Waals surface area contributed by atoms with E-state index in [-0.39, 0.29) is 11.8 Å². The van der Waals surface area contributed by atoms with Crippen molar-refractivity contribution < 1.29 is 4.79 Å². The maximum Gasteiger partial charge on any atom is 0.234 e. The van der Waals surface area contributed by atoms with Crippen LogP contribution >= 0.6 is 0 Å². The highest BCUT2D eigenvalue weighted by molar-refractivity contribution is 5.78. The summed E-state index contributed by atoms with van der Waals surface area (Å²) in [5.41, 5.74) is 4.55. The van der Waals surface area contributed by atoms with Gasteiger partial charge in [-0.1, -0.05) is 36.4 Å². The van der Waals surface area contributed by atoms with Crippen molar-refractivity contribution in [1.82, 2.24) is 5.43 Å². The van der Waals surface area contributed by atoms with Gasteiger partial charge in [-0.25, -0.2) is 5.84 Å². The molecule has 1 aromatic rings. The van der Waals surface area contributed by atoms with Gasteiger partial charge in [0.15, 0.2) is 0 Å². The van der Waals surface area contributed by atoms with Gasteiger partial charge < -0.3 is 0 Å². The third kappa shape index (κ3) is 1.54. The van der Waals surface area contributed by atoms with Gasteiger partial charge in [-0.05, 0) is 11.1 Å². The molecule has 1 amide bonds. The third-order valence-electron chi connectivity index (χ3n) is 2.47. The number of hydrogen-bond donors (Lipinski definition) is 2. The number of allylic oxidation sites excluding steroid dienone is 1. The normalized spacial score (nSPS) is 17.9. The van der Waals surface area contributed by atoms with Crippen LogP contribution in [0.4, 0.5) is 0 Å². The molecule has 1 atom stereocenters. The number of amides is 1. The lowest BCUT2D eigenvalue weighted by molar-refractivity contribution is -0.121. The number of carbonyl (C=O) groups excluding carboxylic acids is 1. The Morgan fingerprint density at radius 3 is 3.00 bits per heavy atom. The minimum absolute atomic E-state index is 0.128. The van der Waals surface area contributed by atoms with Crippen LogP contribution in [0, 0.1) is 0 Å². The zero-order valence-corrected chi connectivity index (χ0v) is 7.73. The second-order valence-electron chi connectivity index (χ2n) is 3.37. The Kier molecular flexibility index (Phi) is 2.33. The summed E-state index contributed by atoms with van der Waals surface area (Å²) in [6.07, 6.45) is 4.51. The predicted octanol–water partition coefficient (Wildman–Crippen LogP) is 1.18. The summed E-state index contributed by atoms with van der Waals surface area (Å²) in [6, 6.07) is 8.07. The van der Waals surface area contributed by atoms with Gasteiger partial charge in [-0.15, -0.1) is 0 Å². The molecule has 1 aromatic carbocycles. The zero-order valence-electron chi connectivity index (χ0n) is 7.73. The molecule has 3 N–H and O–H groups in total. The van der Waals surface area contributed by atoms with Crippen LogP contribution in [-0.4, -0.2) is 5.91 Å². The summed E-state index contributed by atoms with van der Waals surface area (Å²) in [7, 11) is 0. The Labute approximate surface area is 82.6 Å². The number of nitrogens with one attached hydrogen (secondary N) is 1. The van der Waals surface area contributed by atoms with Gasteiger partial charge in [0.2, 0.25) is 5.91 Å². The highest BCUT2D eigenvalue weighted by atomic mass is 16.2. The van der Waals surface area contributed by atoms with Gasteiger partial charge in [-0.3, -0.25) is 10.2 Å². The molecule has 0 saturated carbocycles. The van der Waals surface area contributed by atoms with Crippen LogP contribution in [0.2, 0.25) is 0 Å². The quantitative estimate of drug-likeness (QED) is 0.416. The highest BCUT2D eigenvalue weighted by Gasteiger charge is 2.18. The van der Waals surface area contributed by atoms with E-state index in [1.807, 2.05) is 36.4 Å². The molecule has 3 nitrogen and oxygen atoms in total. The van der Waals surface area contributed by atoms with Crippen molar-refractivity contribution in [2.45, 2.75) is 12.3 Å². The lowest BCUT2D eigenvalue weighted by Gasteiger charge is -2.08. The molecule has 14 heavy (non-hydrogen) atoms. The predicted molar refractivity (Wildman–Crippen MR) is 55.2 cm³/mol. The molecule has 3 heteroatoms. The molecule has 0 radical (unpaired) electrons. The summed E-state index contributed by atoms with van der Waals surface area (Å²) < 4.78 is 0. The third-order valence-corrected chi connectivity index (χ3v) is 2.47. The first-order chi connectivity index (χ1) is 6.81. The minimum Gasteiger partial charge on any atom is -0.294 e. The SMILES string of the molecule is NNC(=O)CC1C=Cc2ccccc21. The topological polar surface area (TPSA) is 55.1 Å². The number of rotatable bonds is 2. The number of carbonyl (C=O) groups is 1. The fourth-order valence-corrected chi connectivity index (χ4v) is 1.76. The van der Waals surface area contributed by atoms with Crippen molar-refractivity contribution >= 4 is 12.0 Å². The fraction of sp³-hybridized carbons (Fsp3) is 0.182. The molecule has 2 rings (SSSR count). The van der Waals surface area contributed by atoms with Crippen molar-refractivity contribution in [1.29, 1.82) is 0 Å². The molecule has 0 bridgehead atoms. The molecule has 72 valence electrons. The van der Waals surface area contributed by atoms with Crippen LogP contribution < -0.4 is 11.3 Å². The van der Waals surface area contributed by atoms with Gasteiger partial charge in [-0.2, -0.15) is 0 Å². The average molecular weight is 188 g/mol. The van der Waals surface area contributed by atoms with E-state index >= 15 is 0 Å². The molecule has 0 heterocycles. The van der Waals surface area contributed by atoms with Gasteiger partial charge in [0.25, 0.3) is 0 Å². The molecule has 0 saturated heterocycles. The van der Waals surface area contributed by atoms with Crippen molar-refractivity contribution in [3.8, 4) is 0 Å². The van der Waals surface area contributed by atoms with Gasteiger partial charge >= 0.3 is 0 Å². The van der Waals surface area contributed by atoms with Crippen LogP contribution in [0.1, 0.15) is 23.5 Å². The number of nitrogens with two attached hydrogens (primary N) is 1. The molecule has 0 spiro atoms. The summed E-state index contributed by atoms with van der Waals surface area (Å²) >= 11 is 0. The lowest BCUT2D eigenvalue weighted by Crippen LogP contribution is -2.30. The van der Waals surface area contributed by atoms with E-state index in [2.05, 4.69) is 5.43 Å². The van der Waals surface area contributed by atoms with Crippen LogP contribution in [0.3, 0.4) is 0 Å². The van der Waals surface area contributed by atoms with E-state index in [0.29, 0.717) is 6.42 Å². The largest absolute Gasteiger partial charge is 0.294 e. The molecule has 1 unspecified atom stereocenters. The Morgan fingerprint density at radius 2 is 2.21 bits per heavy atom. The molecule has 1 aliphatic rings. The number of benzene rings is 1. The van der Waals surface area contributed by atoms with Crippen molar-refractivity contribution in [3.05, 3.63) is 41.5 Å². The first-order valence-electron chi connectivity index (χ1n) is 4.58. The molecule has 0 aliphatic heterocycles. The van der Waals surface area contributed by atoms with Crippen molar-refractivity contribution in [3.63, 3.8) is 0 Å². The summed E-state index contributed by atoms with van der Waals surface area (Å²) in [4.78, 5) is 11.1. The Hall–Kier alpha value is -1.61. The van der Waals surface area contributed by atoms with Gasteiger partial charge in [0, 0.05) is 12.3 Å².